The molecule has 0 bridgehead atoms. The molecule has 0 saturated carbocycles. The van der Waals surface area contributed by atoms with Gasteiger partial charge in [-0.3, -0.25) is 4.79 Å². The SMILES string of the molecule is O=C(c1cc(-c2ccccc2F)on1)N1CCC[C@@H]1CO. The molecule has 2 heterocycles. The molecule has 0 spiro atoms. The lowest BCUT2D eigenvalue weighted by Crippen LogP contribution is -2.37. The van der Waals surface area contributed by atoms with Gasteiger partial charge in [-0.05, 0) is 25.0 Å². The number of likely N-dealkylation sites (tertiary alicyclic amines) is 1. The minimum Gasteiger partial charge on any atom is -0.394 e. The normalized spacial score (nSPS) is 18.2. The molecule has 110 valence electrons. The van der Waals surface area contributed by atoms with Crippen molar-refractivity contribution >= 4 is 5.91 Å². The standard InChI is InChI=1S/C15H15FN2O3/c16-12-6-2-1-5-11(12)14-8-13(17-21-14)15(20)18-7-3-4-10(18)9-19/h1-2,5-6,8,10,19H,3-4,7,9H2/t10-/m1/s1. The van der Waals surface area contributed by atoms with Crippen molar-refractivity contribution in [3.8, 4) is 11.3 Å². The Balaban J connectivity index is 1.85. The fourth-order valence-electron chi connectivity index (χ4n) is 2.60. The number of carbonyl (C=O) groups is 1. The van der Waals surface area contributed by atoms with Crippen molar-refractivity contribution in [3.63, 3.8) is 0 Å². The van der Waals surface area contributed by atoms with Gasteiger partial charge in [0.15, 0.2) is 11.5 Å². The molecule has 1 aromatic heterocycles. The van der Waals surface area contributed by atoms with Crippen LogP contribution < -0.4 is 0 Å². The van der Waals surface area contributed by atoms with Crippen LogP contribution in [0.25, 0.3) is 11.3 Å². The van der Waals surface area contributed by atoms with Gasteiger partial charge in [0.25, 0.3) is 5.91 Å². The van der Waals surface area contributed by atoms with E-state index in [-0.39, 0.29) is 35.6 Å². The molecule has 21 heavy (non-hydrogen) atoms. The van der Waals surface area contributed by atoms with Gasteiger partial charge in [-0.15, -0.1) is 0 Å². The number of carbonyl (C=O) groups excluding carboxylic acids is 1. The Kier molecular flexibility index (Phi) is 3.70. The first kappa shape index (κ1) is 13.8. The van der Waals surface area contributed by atoms with Gasteiger partial charge in [-0.2, -0.15) is 0 Å². The van der Waals surface area contributed by atoms with Gasteiger partial charge < -0.3 is 14.5 Å². The molecule has 1 aliphatic heterocycles. The second-order valence-corrected chi connectivity index (χ2v) is 5.03. The minimum absolute atomic E-state index is 0.0657. The fourth-order valence-corrected chi connectivity index (χ4v) is 2.60. The zero-order chi connectivity index (χ0) is 14.8. The van der Waals surface area contributed by atoms with Gasteiger partial charge in [-0.1, -0.05) is 17.3 Å². The van der Waals surface area contributed by atoms with Crippen molar-refractivity contribution in [2.24, 2.45) is 0 Å². The molecular weight excluding hydrogens is 275 g/mol. The third-order valence-corrected chi connectivity index (χ3v) is 3.72. The summed E-state index contributed by atoms with van der Waals surface area (Å²) in [6.07, 6.45) is 1.63. The number of halogens is 1. The largest absolute Gasteiger partial charge is 0.394 e. The molecule has 1 amide bonds. The highest BCUT2D eigenvalue weighted by atomic mass is 19.1. The Morgan fingerprint density at radius 2 is 2.29 bits per heavy atom. The maximum Gasteiger partial charge on any atom is 0.276 e. The summed E-state index contributed by atoms with van der Waals surface area (Å²) in [5.41, 5.74) is 0.401. The van der Waals surface area contributed by atoms with E-state index in [1.807, 2.05) is 0 Å². The van der Waals surface area contributed by atoms with Crippen molar-refractivity contribution in [3.05, 3.63) is 41.8 Å². The second-order valence-electron chi connectivity index (χ2n) is 5.03. The first-order chi connectivity index (χ1) is 10.2. The first-order valence-corrected chi connectivity index (χ1v) is 6.84. The van der Waals surface area contributed by atoms with E-state index >= 15 is 0 Å². The van der Waals surface area contributed by atoms with E-state index in [1.165, 1.54) is 12.1 Å². The van der Waals surface area contributed by atoms with Crippen molar-refractivity contribution in [1.29, 1.82) is 0 Å². The van der Waals surface area contributed by atoms with Gasteiger partial charge in [0.1, 0.15) is 5.82 Å². The van der Waals surface area contributed by atoms with Crippen LogP contribution >= 0.6 is 0 Å². The number of rotatable bonds is 3. The number of amides is 1. The van der Waals surface area contributed by atoms with E-state index in [9.17, 15) is 14.3 Å². The van der Waals surface area contributed by atoms with E-state index in [2.05, 4.69) is 5.16 Å². The van der Waals surface area contributed by atoms with Crippen LogP contribution in [0.15, 0.2) is 34.9 Å². The Hall–Kier alpha value is -2.21. The van der Waals surface area contributed by atoms with Crippen molar-refractivity contribution < 1.29 is 18.8 Å². The summed E-state index contributed by atoms with van der Waals surface area (Å²) < 4.78 is 18.8. The van der Waals surface area contributed by atoms with Gasteiger partial charge in [0.2, 0.25) is 0 Å². The Bertz CT molecular complexity index is 656. The topological polar surface area (TPSA) is 66.6 Å². The summed E-state index contributed by atoms with van der Waals surface area (Å²) in [6, 6.07) is 7.42. The van der Waals surface area contributed by atoms with Gasteiger partial charge >= 0.3 is 0 Å². The number of benzene rings is 1. The van der Waals surface area contributed by atoms with E-state index in [0.29, 0.717) is 6.54 Å². The lowest BCUT2D eigenvalue weighted by Gasteiger charge is -2.21. The molecule has 5 nitrogen and oxygen atoms in total. The number of aliphatic hydroxyl groups excluding tert-OH is 1. The molecule has 2 aromatic rings. The summed E-state index contributed by atoms with van der Waals surface area (Å²) in [4.78, 5) is 13.9. The molecule has 1 atom stereocenters. The van der Waals surface area contributed by atoms with Crippen molar-refractivity contribution in [1.82, 2.24) is 10.1 Å². The van der Waals surface area contributed by atoms with Crippen LogP contribution in [0.4, 0.5) is 4.39 Å². The minimum atomic E-state index is -0.429. The predicted molar refractivity (Wildman–Crippen MR) is 73.0 cm³/mol. The van der Waals surface area contributed by atoms with Crippen LogP contribution in [0.2, 0.25) is 0 Å². The molecule has 1 fully saturated rings. The second kappa shape index (κ2) is 5.65. The number of hydrogen-bond acceptors (Lipinski definition) is 4. The van der Waals surface area contributed by atoms with Crippen molar-refractivity contribution in [2.75, 3.05) is 13.2 Å². The predicted octanol–water partition coefficient (Wildman–Crippen LogP) is 2.08. The van der Waals surface area contributed by atoms with Crippen LogP contribution in [-0.2, 0) is 0 Å². The summed E-state index contributed by atoms with van der Waals surface area (Å²) in [6.45, 7) is 0.524. The zero-order valence-corrected chi connectivity index (χ0v) is 11.3. The van der Waals surface area contributed by atoms with Crippen LogP contribution in [0, 0.1) is 5.82 Å². The maximum atomic E-state index is 13.7. The lowest BCUT2D eigenvalue weighted by atomic mass is 10.1. The third-order valence-electron chi connectivity index (χ3n) is 3.72. The fraction of sp³-hybridized carbons (Fsp3) is 0.333. The number of aliphatic hydroxyl groups is 1. The molecule has 1 saturated heterocycles. The van der Waals surface area contributed by atoms with Crippen LogP contribution in [0.1, 0.15) is 23.3 Å². The third kappa shape index (κ3) is 2.54. The molecule has 1 N–H and O–H groups in total. The highest BCUT2D eigenvalue weighted by molar-refractivity contribution is 5.93. The highest BCUT2D eigenvalue weighted by Crippen LogP contribution is 2.25. The Morgan fingerprint density at radius 1 is 1.48 bits per heavy atom. The Morgan fingerprint density at radius 3 is 3.05 bits per heavy atom. The average molecular weight is 290 g/mol. The number of nitrogens with zero attached hydrogens (tertiary/aromatic N) is 2. The van der Waals surface area contributed by atoms with Gasteiger partial charge in [-0.25, -0.2) is 4.39 Å². The number of hydrogen-bond donors (Lipinski definition) is 1. The molecule has 1 aromatic carbocycles. The van der Waals surface area contributed by atoms with Crippen LogP contribution in [-0.4, -0.2) is 40.3 Å². The smallest absolute Gasteiger partial charge is 0.276 e. The highest BCUT2D eigenvalue weighted by Gasteiger charge is 2.30. The van der Waals surface area contributed by atoms with E-state index in [1.54, 1.807) is 23.1 Å². The van der Waals surface area contributed by atoms with Crippen molar-refractivity contribution in [2.45, 2.75) is 18.9 Å². The molecule has 3 rings (SSSR count). The first-order valence-electron chi connectivity index (χ1n) is 6.84. The van der Waals surface area contributed by atoms with Crippen LogP contribution in [0.5, 0.6) is 0 Å². The van der Waals surface area contributed by atoms with E-state index in [0.717, 1.165) is 12.8 Å². The quantitative estimate of drug-likeness (QED) is 0.939. The maximum absolute atomic E-state index is 13.7. The lowest BCUT2D eigenvalue weighted by molar-refractivity contribution is 0.0667. The Labute approximate surface area is 121 Å². The molecule has 0 radical (unpaired) electrons. The molecule has 1 aliphatic rings. The zero-order valence-electron chi connectivity index (χ0n) is 11.3. The van der Waals surface area contributed by atoms with Gasteiger partial charge in [0, 0.05) is 12.6 Å². The summed E-state index contributed by atoms with van der Waals surface area (Å²) in [5, 5.41) is 13.0. The summed E-state index contributed by atoms with van der Waals surface area (Å²) in [5.74, 6) is -0.504. The van der Waals surface area contributed by atoms with E-state index in [4.69, 9.17) is 4.52 Å². The van der Waals surface area contributed by atoms with Gasteiger partial charge in [0.05, 0.1) is 18.2 Å². The molecular formula is C15H15FN2O3. The summed E-state index contributed by atoms with van der Waals surface area (Å²) in [7, 11) is 0. The average Bonchev–Trinajstić information content (AvgIpc) is 3.16. The molecule has 0 unspecified atom stereocenters. The number of aromatic nitrogens is 1. The van der Waals surface area contributed by atoms with E-state index < -0.39 is 5.82 Å². The molecule has 6 heteroatoms. The summed E-state index contributed by atoms with van der Waals surface area (Å²) >= 11 is 0. The van der Waals surface area contributed by atoms with Crippen LogP contribution in [0.3, 0.4) is 0 Å². The monoisotopic (exact) mass is 290 g/mol. The molecule has 0 aliphatic carbocycles.